The number of nitrogens with zero attached hydrogens (tertiary/aromatic N) is 6. The first kappa shape index (κ1) is 24.6. The molecule has 1 aliphatic heterocycles. The molecule has 2 aliphatic rings. The van der Waals surface area contributed by atoms with Crippen molar-refractivity contribution in [2.45, 2.75) is 51.9 Å². The van der Waals surface area contributed by atoms with E-state index < -0.39 is 0 Å². The van der Waals surface area contributed by atoms with E-state index in [9.17, 15) is 4.79 Å². The number of carbonyl (C=O) groups excluding carboxylic acids is 1. The fourth-order valence-electron chi connectivity index (χ4n) is 5.99. The number of para-hydroxylation sites is 1. The Labute approximate surface area is 224 Å². The van der Waals surface area contributed by atoms with Crippen molar-refractivity contribution in [3.8, 4) is 5.69 Å². The highest BCUT2D eigenvalue weighted by atomic mass is 16.2. The number of benzene rings is 2. The molecule has 2 fully saturated rings. The topological polar surface area (TPSA) is 67.2 Å². The van der Waals surface area contributed by atoms with Crippen molar-refractivity contribution in [2.75, 3.05) is 31.1 Å². The Balaban J connectivity index is 1.28. The van der Waals surface area contributed by atoms with Crippen LogP contribution >= 0.6 is 0 Å². The Morgan fingerprint density at radius 2 is 1.58 bits per heavy atom. The van der Waals surface area contributed by atoms with Gasteiger partial charge in [0, 0.05) is 39.0 Å². The van der Waals surface area contributed by atoms with E-state index in [0.717, 1.165) is 72.6 Å². The molecule has 0 unspecified atom stereocenters. The summed E-state index contributed by atoms with van der Waals surface area (Å²) in [6.07, 6.45) is 7.65. The van der Waals surface area contributed by atoms with Crippen LogP contribution in [-0.2, 0) is 11.2 Å². The van der Waals surface area contributed by atoms with Gasteiger partial charge in [0.05, 0.1) is 16.8 Å². The van der Waals surface area contributed by atoms with E-state index in [1.807, 2.05) is 35.9 Å². The third-order valence-electron chi connectivity index (χ3n) is 8.11. The Bertz CT molecular complexity index is 1390. The molecule has 3 heterocycles. The summed E-state index contributed by atoms with van der Waals surface area (Å²) in [5.41, 5.74) is 3.91. The van der Waals surface area contributed by atoms with Crippen molar-refractivity contribution in [1.82, 2.24) is 24.6 Å². The minimum atomic E-state index is 0.308. The van der Waals surface area contributed by atoms with Gasteiger partial charge in [-0.25, -0.2) is 14.6 Å². The number of amides is 1. The molecule has 1 amide bonds. The Morgan fingerprint density at radius 1 is 0.895 bits per heavy atom. The standard InChI is InChI=1S/C31H36N6O/c1-23-29-30(36-20-18-35(19-21-36)28(38)17-16-24-10-8-9-11-24)32-27(22-25-12-4-2-5-13-25)33-31(29)37(34-23)26-14-6-3-7-15-26/h2-7,12-15,24H,8-11,16-22H2,1H3. The van der Waals surface area contributed by atoms with Gasteiger partial charge in [0.2, 0.25) is 5.91 Å². The van der Waals surface area contributed by atoms with Crippen LogP contribution in [-0.4, -0.2) is 56.7 Å². The second-order valence-corrected chi connectivity index (χ2v) is 10.7. The average Bonchev–Trinajstić information content (AvgIpc) is 3.60. The zero-order valence-electron chi connectivity index (χ0n) is 22.2. The zero-order valence-corrected chi connectivity index (χ0v) is 22.2. The zero-order chi connectivity index (χ0) is 25.9. The van der Waals surface area contributed by atoms with Gasteiger partial charge in [0.1, 0.15) is 11.6 Å². The summed E-state index contributed by atoms with van der Waals surface area (Å²) in [5, 5.41) is 5.88. The van der Waals surface area contributed by atoms with Crippen LogP contribution in [0.3, 0.4) is 0 Å². The van der Waals surface area contributed by atoms with Gasteiger partial charge in [-0.3, -0.25) is 4.79 Å². The maximum absolute atomic E-state index is 13.0. The van der Waals surface area contributed by atoms with Crippen molar-refractivity contribution in [3.63, 3.8) is 0 Å². The van der Waals surface area contributed by atoms with Gasteiger partial charge in [-0.05, 0) is 37.0 Å². The molecule has 0 atom stereocenters. The third-order valence-corrected chi connectivity index (χ3v) is 8.11. The summed E-state index contributed by atoms with van der Waals surface area (Å²) in [6.45, 7) is 5.03. The predicted molar refractivity (Wildman–Crippen MR) is 151 cm³/mol. The molecule has 7 nitrogen and oxygen atoms in total. The lowest BCUT2D eigenvalue weighted by molar-refractivity contribution is -0.131. The van der Waals surface area contributed by atoms with Crippen LogP contribution < -0.4 is 4.90 Å². The number of carbonyl (C=O) groups is 1. The first-order chi connectivity index (χ1) is 18.7. The van der Waals surface area contributed by atoms with Crippen LogP contribution in [0.15, 0.2) is 60.7 Å². The maximum Gasteiger partial charge on any atom is 0.222 e. The number of aromatic nitrogens is 4. The minimum absolute atomic E-state index is 0.308. The lowest BCUT2D eigenvalue weighted by Crippen LogP contribution is -2.49. The highest BCUT2D eigenvalue weighted by Crippen LogP contribution is 2.31. The number of piperazine rings is 1. The monoisotopic (exact) mass is 508 g/mol. The van der Waals surface area contributed by atoms with Gasteiger partial charge in [0.15, 0.2) is 5.65 Å². The minimum Gasteiger partial charge on any atom is -0.352 e. The molecule has 1 aliphatic carbocycles. The van der Waals surface area contributed by atoms with E-state index in [2.05, 4.69) is 46.2 Å². The van der Waals surface area contributed by atoms with Crippen LogP contribution in [0.4, 0.5) is 5.82 Å². The number of aryl methyl sites for hydroxylation is 1. The summed E-state index contributed by atoms with van der Waals surface area (Å²) in [7, 11) is 0. The Kier molecular flexibility index (Phi) is 7.08. The van der Waals surface area contributed by atoms with Crippen LogP contribution in [0.5, 0.6) is 0 Å². The van der Waals surface area contributed by atoms with Crippen LogP contribution in [0.1, 0.15) is 55.6 Å². The molecule has 0 spiro atoms. The number of rotatable bonds is 7. The van der Waals surface area contributed by atoms with Crippen molar-refractivity contribution in [2.24, 2.45) is 5.92 Å². The van der Waals surface area contributed by atoms with Crippen molar-refractivity contribution < 1.29 is 4.79 Å². The molecule has 7 heteroatoms. The second kappa shape index (κ2) is 10.9. The normalized spacial score (nSPS) is 16.4. The second-order valence-electron chi connectivity index (χ2n) is 10.7. The molecule has 1 saturated heterocycles. The van der Waals surface area contributed by atoms with E-state index in [0.29, 0.717) is 18.7 Å². The summed E-state index contributed by atoms with van der Waals surface area (Å²) >= 11 is 0. The van der Waals surface area contributed by atoms with Gasteiger partial charge < -0.3 is 9.80 Å². The summed E-state index contributed by atoms with van der Waals surface area (Å²) in [6, 6.07) is 20.5. The highest BCUT2D eigenvalue weighted by Gasteiger charge is 2.27. The molecule has 0 bridgehead atoms. The van der Waals surface area contributed by atoms with E-state index in [4.69, 9.17) is 15.1 Å². The SMILES string of the molecule is Cc1nn(-c2ccccc2)c2nc(Cc3ccccc3)nc(N3CCN(C(=O)CCC4CCCC4)CC3)c12. The molecule has 1 saturated carbocycles. The molecule has 6 rings (SSSR count). The molecular weight excluding hydrogens is 472 g/mol. The first-order valence-electron chi connectivity index (χ1n) is 14.0. The quantitative estimate of drug-likeness (QED) is 0.337. The molecule has 2 aromatic carbocycles. The number of hydrogen-bond donors (Lipinski definition) is 0. The van der Waals surface area contributed by atoms with Gasteiger partial charge in [0.25, 0.3) is 0 Å². The molecular formula is C31H36N6O. The summed E-state index contributed by atoms with van der Waals surface area (Å²) in [5.74, 6) is 2.77. The average molecular weight is 509 g/mol. The van der Waals surface area contributed by atoms with E-state index in [1.165, 1.54) is 31.2 Å². The van der Waals surface area contributed by atoms with E-state index >= 15 is 0 Å². The van der Waals surface area contributed by atoms with Crippen LogP contribution in [0.2, 0.25) is 0 Å². The molecule has 2 aromatic heterocycles. The summed E-state index contributed by atoms with van der Waals surface area (Å²) < 4.78 is 1.94. The molecule has 196 valence electrons. The van der Waals surface area contributed by atoms with Gasteiger partial charge in [-0.2, -0.15) is 5.10 Å². The molecule has 4 aromatic rings. The Morgan fingerprint density at radius 3 is 2.29 bits per heavy atom. The van der Waals surface area contributed by atoms with Crippen molar-refractivity contribution >= 4 is 22.8 Å². The largest absolute Gasteiger partial charge is 0.352 e. The lowest BCUT2D eigenvalue weighted by atomic mass is 10.0. The van der Waals surface area contributed by atoms with Crippen molar-refractivity contribution in [3.05, 3.63) is 77.7 Å². The molecule has 0 radical (unpaired) electrons. The number of hydrogen-bond acceptors (Lipinski definition) is 5. The number of fused-ring (bicyclic) bond motifs is 1. The fourth-order valence-corrected chi connectivity index (χ4v) is 5.99. The van der Waals surface area contributed by atoms with Gasteiger partial charge >= 0.3 is 0 Å². The maximum atomic E-state index is 13.0. The van der Waals surface area contributed by atoms with E-state index in [1.54, 1.807) is 0 Å². The molecule has 0 N–H and O–H groups in total. The highest BCUT2D eigenvalue weighted by molar-refractivity contribution is 5.91. The van der Waals surface area contributed by atoms with Gasteiger partial charge in [-0.15, -0.1) is 0 Å². The first-order valence-corrected chi connectivity index (χ1v) is 14.0. The van der Waals surface area contributed by atoms with E-state index in [-0.39, 0.29) is 0 Å². The fraction of sp³-hybridized carbons (Fsp3) is 0.419. The number of anilines is 1. The summed E-state index contributed by atoms with van der Waals surface area (Å²) in [4.78, 5) is 27.5. The predicted octanol–water partition coefficient (Wildman–Crippen LogP) is 5.33. The van der Waals surface area contributed by atoms with Crippen LogP contribution in [0.25, 0.3) is 16.7 Å². The third kappa shape index (κ3) is 5.15. The lowest BCUT2D eigenvalue weighted by Gasteiger charge is -2.36. The van der Waals surface area contributed by atoms with Gasteiger partial charge in [-0.1, -0.05) is 74.2 Å². The Hall–Kier alpha value is -3.74. The van der Waals surface area contributed by atoms with Crippen LogP contribution in [0, 0.1) is 12.8 Å². The van der Waals surface area contributed by atoms with Crippen molar-refractivity contribution in [1.29, 1.82) is 0 Å². The molecule has 38 heavy (non-hydrogen) atoms. The smallest absolute Gasteiger partial charge is 0.222 e.